The van der Waals surface area contributed by atoms with Crippen LogP contribution >= 0.6 is 0 Å². The van der Waals surface area contributed by atoms with Gasteiger partial charge in [0.25, 0.3) is 0 Å². The number of fused-ring (bicyclic) bond motifs is 3. The predicted octanol–water partition coefficient (Wildman–Crippen LogP) is 10.9. The number of hydrogen-bond donors (Lipinski definition) is 0. The Labute approximate surface area is 304 Å². The minimum absolute atomic E-state index is 0. The molecule has 0 radical (unpaired) electrons. The Morgan fingerprint density at radius 3 is 2.08 bits per heavy atom. The second kappa shape index (κ2) is 12.8. The molecule has 0 fully saturated rings. The number of rotatable bonds is 5. The van der Waals surface area contributed by atoms with Crippen molar-refractivity contribution in [3.63, 3.8) is 0 Å². The number of aryl methyl sites for hydroxylation is 2. The summed E-state index contributed by atoms with van der Waals surface area (Å²) >= 11 is 0. The van der Waals surface area contributed by atoms with Crippen molar-refractivity contribution < 1.29 is 25.8 Å². The number of aromatic nitrogens is 4. The van der Waals surface area contributed by atoms with E-state index >= 15 is 0 Å². The summed E-state index contributed by atoms with van der Waals surface area (Å²) in [5.74, 6) is 2.06. The predicted molar refractivity (Wildman–Crippen MR) is 197 cm³/mol. The van der Waals surface area contributed by atoms with Crippen molar-refractivity contribution in [3.05, 3.63) is 131 Å². The molecule has 7 rings (SSSR count). The zero-order valence-electron chi connectivity index (χ0n) is 29.7. The van der Waals surface area contributed by atoms with Crippen LogP contribution in [-0.2, 0) is 31.9 Å². The molecule has 0 aliphatic rings. The fourth-order valence-corrected chi connectivity index (χ4v) is 6.48. The molecule has 5 nitrogen and oxygen atoms in total. The number of benzene rings is 4. The van der Waals surface area contributed by atoms with E-state index in [1.165, 1.54) is 16.7 Å². The average Bonchev–Trinajstić information content (AvgIpc) is 3.52. The Kier molecular flexibility index (Phi) is 8.96. The van der Waals surface area contributed by atoms with Crippen LogP contribution in [0.1, 0.15) is 69.6 Å². The summed E-state index contributed by atoms with van der Waals surface area (Å²) in [6.45, 7) is 20.0. The van der Waals surface area contributed by atoms with E-state index in [-0.39, 0.29) is 31.9 Å². The molecular weight excluding hydrogens is 784 g/mol. The largest absolute Gasteiger partial charge is 2.00 e. The quantitative estimate of drug-likeness (QED) is 0.162. The molecule has 0 N–H and O–H groups in total. The number of hydrogen-bond acceptors (Lipinski definition) is 3. The first-order valence-electron chi connectivity index (χ1n) is 16.6. The first-order chi connectivity index (χ1) is 22.8. The van der Waals surface area contributed by atoms with Crippen LogP contribution in [0.15, 0.2) is 91.1 Å². The Morgan fingerprint density at radius 2 is 1.39 bits per heavy atom. The number of pyridine rings is 1. The fourth-order valence-electron chi connectivity index (χ4n) is 6.48. The zero-order valence-corrected chi connectivity index (χ0v) is 31.9. The van der Waals surface area contributed by atoms with Crippen molar-refractivity contribution in [2.45, 2.75) is 73.1 Å². The SMILES string of the molecule is Cc1ccnc(-n2c3[c-]c(Oc4[c-]c(-n5nc(C)c(-c6cc(C(C)(C)C)cc(C(C)(C)C)c6)c5C)ccc4)ccc3c3ccccc32)c1.[Pt+2]. The van der Waals surface area contributed by atoms with E-state index < -0.39 is 0 Å². The van der Waals surface area contributed by atoms with Crippen molar-refractivity contribution in [1.82, 2.24) is 19.3 Å². The molecule has 49 heavy (non-hydrogen) atoms. The fraction of sp³-hybridized carbons (Fsp3) is 0.256. The third kappa shape index (κ3) is 6.49. The Morgan fingerprint density at radius 1 is 0.694 bits per heavy atom. The maximum absolute atomic E-state index is 6.44. The van der Waals surface area contributed by atoms with Gasteiger partial charge < -0.3 is 9.30 Å². The molecule has 0 bridgehead atoms. The second-order valence-electron chi connectivity index (χ2n) is 14.9. The monoisotopic (exact) mass is 825 g/mol. The van der Waals surface area contributed by atoms with Gasteiger partial charge in [0.1, 0.15) is 5.82 Å². The van der Waals surface area contributed by atoms with Crippen LogP contribution in [0, 0.1) is 32.9 Å². The number of ether oxygens (including phenoxy) is 1. The molecule has 0 aliphatic heterocycles. The van der Waals surface area contributed by atoms with Gasteiger partial charge in [-0.25, -0.2) is 4.98 Å². The topological polar surface area (TPSA) is 44.9 Å². The molecule has 7 aromatic rings. The van der Waals surface area contributed by atoms with Crippen LogP contribution in [0.4, 0.5) is 0 Å². The van der Waals surface area contributed by atoms with Gasteiger partial charge in [0.15, 0.2) is 0 Å². The minimum atomic E-state index is 0. The molecule has 3 aromatic heterocycles. The Balaban J connectivity index is 0.00000417. The van der Waals surface area contributed by atoms with Crippen molar-refractivity contribution in [2.24, 2.45) is 0 Å². The molecular formula is C43H42N4OPt. The van der Waals surface area contributed by atoms with Gasteiger partial charge in [-0.3, -0.25) is 4.68 Å². The van der Waals surface area contributed by atoms with E-state index in [1.807, 2.05) is 41.2 Å². The Bertz CT molecular complexity index is 2300. The van der Waals surface area contributed by atoms with E-state index in [1.54, 1.807) is 0 Å². The molecule has 0 amide bonds. The van der Waals surface area contributed by atoms with Crippen molar-refractivity contribution >= 4 is 21.8 Å². The van der Waals surface area contributed by atoms with Crippen LogP contribution in [0.5, 0.6) is 11.5 Å². The first-order valence-corrected chi connectivity index (χ1v) is 16.6. The van der Waals surface area contributed by atoms with Gasteiger partial charge in [0.2, 0.25) is 0 Å². The summed E-state index contributed by atoms with van der Waals surface area (Å²) in [7, 11) is 0. The zero-order chi connectivity index (χ0) is 34.0. The third-order valence-corrected chi connectivity index (χ3v) is 9.13. The summed E-state index contributed by atoms with van der Waals surface area (Å²) in [6.07, 6.45) is 1.85. The van der Waals surface area contributed by atoms with E-state index in [0.717, 1.165) is 55.8 Å². The maximum Gasteiger partial charge on any atom is 2.00 e. The summed E-state index contributed by atoms with van der Waals surface area (Å²) in [6, 6.07) is 36.5. The smallest absolute Gasteiger partial charge is 0.509 e. The molecule has 250 valence electrons. The molecule has 0 unspecified atom stereocenters. The second-order valence-corrected chi connectivity index (χ2v) is 14.9. The van der Waals surface area contributed by atoms with Crippen molar-refractivity contribution in [3.8, 4) is 34.1 Å². The normalized spacial score (nSPS) is 12.0. The van der Waals surface area contributed by atoms with Crippen LogP contribution < -0.4 is 4.74 Å². The van der Waals surface area contributed by atoms with Crippen LogP contribution in [0.25, 0.3) is 44.4 Å². The van der Waals surface area contributed by atoms with Gasteiger partial charge in [-0.2, -0.15) is 17.2 Å². The van der Waals surface area contributed by atoms with Gasteiger partial charge in [-0.15, -0.1) is 35.7 Å². The van der Waals surface area contributed by atoms with Crippen LogP contribution in [0.2, 0.25) is 0 Å². The number of nitrogens with zero attached hydrogens (tertiary/aromatic N) is 4. The molecule has 0 aliphatic carbocycles. The molecule has 4 aromatic carbocycles. The van der Waals surface area contributed by atoms with E-state index in [2.05, 4.69) is 134 Å². The molecule has 0 saturated carbocycles. The minimum Gasteiger partial charge on any atom is -0.509 e. The van der Waals surface area contributed by atoms with E-state index in [0.29, 0.717) is 11.5 Å². The Hall–Kier alpha value is -4.47. The van der Waals surface area contributed by atoms with Crippen molar-refractivity contribution in [1.29, 1.82) is 0 Å². The molecule has 0 saturated heterocycles. The van der Waals surface area contributed by atoms with Crippen molar-refractivity contribution in [2.75, 3.05) is 0 Å². The van der Waals surface area contributed by atoms with E-state index in [9.17, 15) is 0 Å². The average molecular weight is 826 g/mol. The summed E-state index contributed by atoms with van der Waals surface area (Å²) < 4.78 is 10.6. The van der Waals surface area contributed by atoms with Gasteiger partial charge in [-0.1, -0.05) is 83.5 Å². The van der Waals surface area contributed by atoms with Gasteiger partial charge in [0, 0.05) is 34.5 Å². The summed E-state index contributed by atoms with van der Waals surface area (Å²) in [5, 5.41) is 7.26. The van der Waals surface area contributed by atoms with Gasteiger partial charge >= 0.3 is 21.1 Å². The first kappa shape index (κ1) is 34.4. The third-order valence-electron chi connectivity index (χ3n) is 9.13. The standard InChI is InChI=1S/C43H42N4O.Pt/c1-27-19-20-44-40(21-27)46-38-16-11-10-15-36(38)37-18-17-35(26-39(37)46)48-34-14-12-13-33(25-34)47-29(3)41(28(2)45-47)30-22-31(42(4,5)6)24-32(23-30)43(7,8)9;/h10-24H,1-9H3;/q-2;+2. The maximum atomic E-state index is 6.44. The van der Waals surface area contributed by atoms with Crippen LogP contribution in [0.3, 0.4) is 0 Å². The molecule has 3 heterocycles. The number of para-hydroxylation sites is 1. The molecule has 6 heteroatoms. The van der Waals surface area contributed by atoms with Gasteiger partial charge in [-0.05, 0) is 83.1 Å². The summed E-state index contributed by atoms with van der Waals surface area (Å²) in [5.41, 5.74) is 11.1. The van der Waals surface area contributed by atoms with Gasteiger partial charge in [0.05, 0.1) is 5.69 Å². The molecule has 0 atom stereocenters. The molecule has 0 spiro atoms. The van der Waals surface area contributed by atoms with E-state index in [4.69, 9.17) is 14.8 Å². The summed E-state index contributed by atoms with van der Waals surface area (Å²) in [4.78, 5) is 4.70. The van der Waals surface area contributed by atoms with Crippen LogP contribution in [-0.4, -0.2) is 19.3 Å².